The van der Waals surface area contributed by atoms with E-state index in [2.05, 4.69) is 15.3 Å². The Bertz CT molecular complexity index is 430. The molecule has 0 saturated heterocycles. The zero-order valence-corrected chi connectivity index (χ0v) is 9.49. The van der Waals surface area contributed by atoms with Crippen LogP contribution in [0.15, 0.2) is 35.4 Å². The van der Waals surface area contributed by atoms with E-state index in [1.165, 1.54) is 19.1 Å². The maximum Gasteiger partial charge on any atom is 0.442 e. The number of halogens is 3. The number of hydrogen-bond acceptors (Lipinski definition) is 4. The number of rotatable bonds is 4. The summed E-state index contributed by atoms with van der Waals surface area (Å²) in [5.74, 6) is -1.51. The van der Waals surface area contributed by atoms with Crippen molar-refractivity contribution in [2.45, 2.75) is 13.1 Å². The summed E-state index contributed by atoms with van der Waals surface area (Å²) < 4.78 is 41.9. The van der Waals surface area contributed by atoms with E-state index in [1.54, 1.807) is 18.2 Å². The first-order valence-electron chi connectivity index (χ1n) is 5.08. The van der Waals surface area contributed by atoms with Gasteiger partial charge in [0.25, 0.3) is 0 Å². The number of benzene rings is 1. The largest absolute Gasteiger partial charge is 0.461 e. The molecule has 1 N–H and O–H groups in total. The van der Waals surface area contributed by atoms with Crippen LogP contribution < -0.4 is 5.43 Å². The van der Waals surface area contributed by atoms with E-state index in [9.17, 15) is 18.0 Å². The molecule has 1 aromatic carbocycles. The Morgan fingerprint density at radius 1 is 1.33 bits per heavy atom. The summed E-state index contributed by atoms with van der Waals surface area (Å²) in [5.41, 5.74) is 0.877. The number of alkyl halides is 3. The average Bonchev–Trinajstić information content (AvgIpc) is 2.29. The van der Waals surface area contributed by atoms with Crippen LogP contribution in [-0.2, 0) is 9.53 Å². The van der Waals surface area contributed by atoms with Crippen LogP contribution in [0.3, 0.4) is 0 Å². The molecule has 0 bridgehead atoms. The van der Waals surface area contributed by atoms with Crippen LogP contribution in [0, 0.1) is 0 Å². The van der Waals surface area contributed by atoms with E-state index in [0.717, 1.165) is 0 Å². The van der Waals surface area contributed by atoms with E-state index in [1.807, 2.05) is 0 Å². The van der Waals surface area contributed by atoms with Crippen LogP contribution in [0.25, 0.3) is 0 Å². The molecule has 4 nitrogen and oxygen atoms in total. The van der Waals surface area contributed by atoms with Crippen LogP contribution in [0.4, 0.5) is 18.9 Å². The van der Waals surface area contributed by atoms with Crippen molar-refractivity contribution in [1.82, 2.24) is 0 Å². The standard InChI is InChI=1S/C11H11F3N2O2/c1-2-18-10(17)9(11(12,13)14)16-15-8-6-4-3-5-7-8/h3-7,15H,2H2,1H3. The molecular weight excluding hydrogens is 249 g/mol. The molecule has 0 amide bonds. The number of ether oxygens (including phenoxy) is 1. The smallest absolute Gasteiger partial charge is 0.442 e. The number of esters is 1. The van der Waals surface area contributed by atoms with Gasteiger partial charge in [0.2, 0.25) is 5.71 Å². The van der Waals surface area contributed by atoms with Gasteiger partial charge in [-0.15, -0.1) is 0 Å². The minimum absolute atomic E-state index is 0.154. The lowest BCUT2D eigenvalue weighted by Crippen LogP contribution is -2.33. The van der Waals surface area contributed by atoms with Gasteiger partial charge in [0.15, 0.2) is 0 Å². The van der Waals surface area contributed by atoms with E-state index in [0.29, 0.717) is 5.69 Å². The summed E-state index contributed by atoms with van der Waals surface area (Å²) >= 11 is 0. The second-order valence-electron chi connectivity index (χ2n) is 3.16. The summed E-state index contributed by atoms with van der Waals surface area (Å²) in [6.07, 6.45) is -4.87. The number of nitrogens with one attached hydrogen (secondary N) is 1. The van der Waals surface area contributed by atoms with Gasteiger partial charge in [-0.2, -0.15) is 18.3 Å². The normalized spacial score (nSPS) is 12.1. The Kier molecular flexibility index (Phi) is 4.70. The Morgan fingerprint density at radius 3 is 2.44 bits per heavy atom. The van der Waals surface area contributed by atoms with Crippen molar-refractivity contribution in [3.05, 3.63) is 30.3 Å². The minimum Gasteiger partial charge on any atom is -0.461 e. The van der Waals surface area contributed by atoms with Crippen molar-refractivity contribution in [3.8, 4) is 0 Å². The van der Waals surface area contributed by atoms with Crippen molar-refractivity contribution in [3.63, 3.8) is 0 Å². The van der Waals surface area contributed by atoms with Gasteiger partial charge in [-0.05, 0) is 19.1 Å². The fourth-order valence-corrected chi connectivity index (χ4v) is 1.06. The van der Waals surface area contributed by atoms with Gasteiger partial charge in [-0.1, -0.05) is 18.2 Å². The molecule has 18 heavy (non-hydrogen) atoms. The quantitative estimate of drug-likeness (QED) is 0.514. The number of carbonyl (C=O) groups is 1. The zero-order valence-electron chi connectivity index (χ0n) is 9.49. The van der Waals surface area contributed by atoms with Crippen LogP contribution in [0.5, 0.6) is 0 Å². The summed E-state index contributed by atoms with van der Waals surface area (Å²) in [5, 5.41) is 3.05. The molecule has 0 spiro atoms. The fourth-order valence-electron chi connectivity index (χ4n) is 1.06. The number of para-hydroxylation sites is 1. The number of anilines is 1. The molecule has 0 atom stereocenters. The molecule has 0 fully saturated rings. The first-order valence-corrected chi connectivity index (χ1v) is 5.08. The highest BCUT2D eigenvalue weighted by molar-refractivity contribution is 6.38. The number of carbonyl (C=O) groups excluding carboxylic acids is 1. The van der Waals surface area contributed by atoms with Gasteiger partial charge in [-0.3, -0.25) is 5.43 Å². The van der Waals surface area contributed by atoms with Crippen molar-refractivity contribution >= 4 is 17.4 Å². The maximum absolute atomic E-state index is 12.5. The van der Waals surface area contributed by atoms with Gasteiger partial charge in [0.05, 0.1) is 12.3 Å². The van der Waals surface area contributed by atoms with E-state index in [4.69, 9.17) is 0 Å². The molecule has 0 radical (unpaired) electrons. The molecule has 0 heterocycles. The van der Waals surface area contributed by atoms with Crippen LogP contribution in [0.1, 0.15) is 6.92 Å². The van der Waals surface area contributed by atoms with Gasteiger partial charge < -0.3 is 4.74 Å². The highest BCUT2D eigenvalue weighted by Crippen LogP contribution is 2.19. The Labute approximate surface area is 101 Å². The average molecular weight is 260 g/mol. The maximum atomic E-state index is 12.5. The molecule has 0 unspecified atom stereocenters. The van der Waals surface area contributed by atoms with Crippen LogP contribution in [0.2, 0.25) is 0 Å². The van der Waals surface area contributed by atoms with E-state index >= 15 is 0 Å². The molecular formula is C11H11F3N2O2. The highest BCUT2D eigenvalue weighted by atomic mass is 19.4. The van der Waals surface area contributed by atoms with Crippen molar-refractivity contribution in [1.29, 1.82) is 0 Å². The van der Waals surface area contributed by atoms with Gasteiger partial charge in [0, 0.05) is 0 Å². The first kappa shape index (κ1) is 14.0. The second kappa shape index (κ2) is 6.04. The number of hydrogen-bond donors (Lipinski definition) is 1. The predicted octanol–water partition coefficient (Wildman–Crippen LogP) is 2.58. The Morgan fingerprint density at radius 2 is 1.94 bits per heavy atom. The van der Waals surface area contributed by atoms with Crippen molar-refractivity contribution < 1.29 is 22.7 Å². The van der Waals surface area contributed by atoms with Gasteiger partial charge in [-0.25, -0.2) is 4.79 Å². The van der Waals surface area contributed by atoms with Crippen LogP contribution >= 0.6 is 0 Å². The lowest BCUT2D eigenvalue weighted by Gasteiger charge is -2.09. The first-order chi connectivity index (χ1) is 8.45. The highest BCUT2D eigenvalue weighted by Gasteiger charge is 2.42. The molecule has 1 aromatic rings. The fraction of sp³-hybridized carbons (Fsp3) is 0.273. The monoisotopic (exact) mass is 260 g/mol. The SMILES string of the molecule is CCOC(=O)C(=NNc1ccccc1)C(F)(F)F. The minimum atomic E-state index is -4.87. The molecule has 98 valence electrons. The number of hydrazone groups is 1. The topological polar surface area (TPSA) is 50.7 Å². The Balaban J connectivity index is 2.87. The lowest BCUT2D eigenvalue weighted by molar-refractivity contribution is -0.139. The third-order valence-corrected chi connectivity index (χ3v) is 1.81. The van der Waals surface area contributed by atoms with Gasteiger partial charge in [0.1, 0.15) is 0 Å². The lowest BCUT2D eigenvalue weighted by atomic mass is 10.3. The van der Waals surface area contributed by atoms with E-state index in [-0.39, 0.29) is 6.61 Å². The molecule has 7 heteroatoms. The van der Waals surface area contributed by atoms with Crippen molar-refractivity contribution in [2.75, 3.05) is 12.0 Å². The molecule has 1 rings (SSSR count). The number of nitrogens with zero attached hydrogens (tertiary/aromatic N) is 1. The summed E-state index contributed by atoms with van der Waals surface area (Å²) in [7, 11) is 0. The molecule has 0 aliphatic carbocycles. The predicted molar refractivity (Wildman–Crippen MR) is 60.2 cm³/mol. The van der Waals surface area contributed by atoms with E-state index < -0.39 is 17.9 Å². The molecule has 0 aliphatic heterocycles. The third kappa shape index (κ3) is 4.08. The second-order valence-corrected chi connectivity index (χ2v) is 3.16. The Hall–Kier alpha value is -2.05. The summed E-state index contributed by atoms with van der Waals surface area (Å²) in [6.45, 7) is 1.26. The summed E-state index contributed by atoms with van der Waals surface area (Å²) in [4.78, 5) is 11.1. The van der Waals surface area contributed by atoms with Crippen LogP contribution in [-0.4, -0.2) is 24.5 Å². The molecule has 0 saturated carbocycles. The van der Waals surface area contributed by atoms with Crippen molar-refractivity contribution in [2.24, 2.45) is 5.10 Å². The third-order valence-electron chi connectivity index (χ3n) is 1.81. The summed E-state index contributed by atoms with van der Waals surface area (Å²) in [6, 6.07) is 7.97. The molecule has 0 aliphatic rings. The zero-order chi connectivity index (χ0) is 13.6. The molecule has 0 aromatic heterocycles. The van der Waals surface area contributed by atoms with Gasteiger partial charge >= 0.3 is 12.1 Å².